The van der Waals surface area contributed by atoms with Crippen molar-refractivity contribution < 1.29 is 18.7 Å². The molecule has 0 spiro atoms. The number of methoxy groups -OCH3 is 1. The third kappa shape index (κ3) is 3.59. The van der Waals surface area contributed by atoms with E-state index < -0.39 is 17.2 Å². The summed E-state index contributed by atoms with van der Waals surface area (Å²) in [6.45, 7) is 2.53. The summed E-state index contributed by atoms with van der Waals surface area (Å²) in [7, 11) is 1.35. The van der Waals surface area contributed by atoms with Crippen molar-refractivity contribution >= 4 is 16.9 Å². The Morgan fingerprint density at radius 3 is 2.65 bits per heavy atom. The van der Waals surface area contributed by atoms with Gasteiger partial charge in [-0.05, 0) is 31.7 Å². The summed E-state index contributed by atoms with van der Waals surface area (Å²) < 4.78 is 26.1. The fourth-order valence-electron chi connectivity index (χ4n) is 3.70. The van der Waals surface area contributed by atoms with Crippen LogP contribution >= 0.6 is 0 Å². The highest BCUT2D eigenvalue weighted by atomic mass is 19.1. The molecule has 5 nitrogen and oxygen atoms in total. The largest absolute Gasteiger partial charge is 0.494 e. The Kier molecular flexibility index (Phi) is 5.59. The summed E-state index contributed by atoms with van der Waals surface area (Å²) in [6, 6.07) is 2.68. The predicted molar refractivity (Wildman–Crippen MR) is 97.2 cm³/mol. The Hall–Kier alpha value is -2.37. The van der Waals surface area contributed by atoms with Gasteiger partial charge in [0.25, 0.3) is 0 Å². The quantitative estimate of drug-likeness (QED) is 0.758. The number of carbonyl (C=O) groups excluding carboxylic acids is 1. The molecule has 26 heavy (non-hydrogen) atoms. The number of rotatable bonds is 5. The van der Waals surface area contributed by atoms with E-state index in [4.69, 9.17) is 9.47 Å². The van der Waals surface area contributed by atoms with Crippen molar-refractivity contribution in [1.29, 1.82) is 0 Å². The fourth-order valence-corrected chi connectivity index (χ4v) is 3.70. The highest BCUT2D eigenvalue weighted by molar-refractivity contribution is 5.94. The average Bonchev–Trinajstić information content (AvgIpc) is 2.64. The molecule has 1 aromatic carbocycles. The standard InChI is InChI=1S/C20H24FNO4/c1-3-26-20(24)15-12-22(11-13-7-5-4-6-8-13)17-10-16(21)18(25-2)9-14(17)19(15)23/h9-10,12-13H,3-8,11H2,1-2H3. The molecule has 0 bridgehead atoms. The minimum atomic E-state index is -0.653. The Bertz CT molecular complexity index is 868. The molecule has 0 N–H and O–H groups in total. The Morgan fingerprint density at radius 1 is 1.27 bits per heavy atom. The number of nitrogens with zero attached hydrogens (tertiary/aromatic N) is 1. The van der Waals surface area contributed by atoms with Crippen molar-refractivity contribution in [2.45, 2.75) is 45.6 Å². The molecule has 140 valence electrons. The van der Waals surface area contributed by atoms with E-state index in [2.05, 4.69) is 0 Å². The first-order valence-corrected chi connectivity index (χ1v) is 9.13. The van der Waals surface area contributed by atoms with E-state index in [1.54, 1.807) is 6.92 Å². The van der Waals surface area contributed by atoms with Gasteiger partial charge in [-0.25, -0.2) is 9.18 Å². The van der Waals surface area contributed by atoms with Gasteiger partial charge in [-0.15, -0.1) is 0 Å². The molecule has 1 aromatic heterocycles. The first kappa shape index (κ1) is 18.4. The molecule has 0 atom stereocenters. The number of carbonyl (C=O) groups is 1. The van der Waals surface area contributed by atoms with Crippen molar-refractivity contribution in [2.24, 2.45) is 5.92 Å². The van der Waals surface area contributed by atoms with Crippen LogP contribution in [0, 0.1) is 11.7 Å². The van der Waals surface area contributed by atoms with Crippen molar-refractivity contribution in [1.82, 2.24) is 4.57 Å². The molecule has 2 aromatic rings. The number of halogens is 1. The summed E-state index contributed by atoms with van der Waals surface area (Å²) in [6.07, 6.45) is 7.30. The number of fused-ring (bicyclic) bond motifs is 1. The summed E-state index contributed by atoms with van der Waals surface area (Å²) >= 11 is 0. The number of benzene rings is 1. The van der Waals surface area contributed by atoms with E-state index in [1.807, 2.05) is 4.57 Å². The van der Waals surface area contributed by atoms with Crippen LogP contribution in [0.3, 0.4) is 0 Å². The molecular formula is C20H24FNO4. The lowest BCUT2D eigenvalue weighted by atomic mass is 9.89. The summed E-state index contributed by atoms with van der Waals surface area (Å²) in [4.78, 5) is 25.0. The summed E-state index contributed by atoms with van der Waals surface area (Å²) in [5.74, 6) is -0.741. The van der Waals surface area contributed by atoms with E-state index in [-0.39, 0.29) is 23.3 Å². The first-order valence-electron chi connectivity index (χ1n) is 9.13. The zero-order chi connectivity index (χ0) is 18.7. The van der Waals surface area contributed by atoms with Gasteiger partial charge in [0.2, 0.25) is 5.43 Å². The molecule has 0 saturated heterocycles. The third-order valence-corrected chi connectivity index (χ3v) is 5.03. The van der Waals surface area contributed by atoms with E-state index in [1.165, 1.54) is 44.7 Å². The lowest BCUT2D eigenvalue weighted by Crippen LogP contribution is -2.23. The van der Waals surface area contributed by atoms with E-state index >= 15 is 0 Å². The van der Waals surface area contributed by atoms with Crippen LogP contribution in [0.15, 0.2) is 23.1 Å². The smallest absolute Gasteiger partial charge is 0.343 e. The van der Waals surface area contributed by atoms with Gasteiger partial charge < -0.3 is 14.0 Å². The molecule has 3 rings (SSSR count). The number of ether oxygens (including phenoxy) is 2. The monoisotopic (exact) mass is 361 g/mol. The predicted octanol–water partition coefficient (Wildman–Crippen LogP) is 3.91. The van der Waals surface area contributed by atoms with Crippen LogP contribution in [0.2, 0.25) is 0 Å². The summed E-state index contributed by atoms with van der Waals surface area (Å²) in [5, 5.41) is 0.268. The average molecular weight is 361 g/mol. The van der Waals surface area contributed by atoms with Crippen molar-refractivity contribution in [3.05, 3.63) is 39.9 Å². The number of hydrogen-bond acceptors (Lipinski definition) is 4. The van der Waals surface area contributed by atoms with Crippen molar-refractivity contribution in [3.63, 3.8) is 0 Å². The van der Waals surface area contributed by atoms with Crippen LogP contribution in [0.1, 0.15) is 49.4 Å². The molecule has 0 radical (unpaired) electrons. The van der Waals surface area contributed by atoms with Crippen LogP contribution in [0.25, 0.3) is 10.9 Å². The molecule has 0 aliphatic heterocycles. The first-order chi connectivity index (χ1) is 12.5. The van der Waals surface area contributed by atoms with Crippen LogP contribution < -0.4 is 10.2 Å². The minimum absolute atomic E-state index is 0.0141. The maximum atomic E-state index is 14.3. The third-order valence-electron chi connectivity index (χ3n) is 5.03. The normalized spacial score (nSPS) is 15.2. The molecule has 1 heterocycles. The number of aromatic nitrogens is 1. The van der Waals surface area contributed by atoms with Gasteiger partial charge in [-0.3, -0.25) is 4.79 Å². The summed E-state index contributed by atoms with van der Waals surface area (Å²) in [5.41, 5.74) is -0.00705. The molecule has 0 unspecified atom stereocenters. The van der Waals surface area contributed by atoms with Gasteiger partial charge in [0.1, 0.15) is 5.56 Å². The maximum Gasteiger partial charge on any atom is 0.343 e. The minimum Gasteiger partial charge on any atom is -0.494 e. The zero-order valence-corrected chi connectivity index (χ0v) is 15.2. The van der Waals surface area contributed by atoms with E-state index in [0.29, 0.717) is 18.0 Å². The molecule has 1 aliphatic rings. The highest BCUT2D eigenvalue weighted by Gasteiger charge is 2.21. The number of pyridine rings is 1. The highest BCUT2D eigenvalue weighted by Crippen LogP contribution is 2.28. The second kappa shape index (κ2) is 7.89. The molecule has 1 saturated carbocycles. The molecule has 6 heteroatoms. The number of esters is 1. The van der Waals surface area contributed by atoms with Crippen LogP contribution in [0.4, 0.5) is 4.39 Å². The topological polar surface area (TPSA) is 57.5 Å². The van der Waals surface area contributed by atoms with Gasteiger partial charge >= 0.3 is 5.97 Å². The lowest BCUT2D eigenvalue weighted by Gasteiger charge is -2.24. The Labute approximate surface area is 151 Å². The van der Waals surface area contributed by atoms with E-state index in [9.17, 15) is 14.0 Å². The zero-order valence-electron chi connectivity index (χ0n) is 15.2. The fraction of sp³-hybridized carbons (Fsp3) is 0.500. The SMILES string of the molecule is CCOC(=O)c1cn(CC2CCCCC2)c2cc(F)c(OC)cc2c1=O. The second-order valence-electron chi connectivity index (χ2n) is 6.75. The van der Waals surface area contributed by atoms with Gasteiger partial charge in [0.05, 0.1) is 24.6 Å². The Morgan fingerprint density at radius 2 is 2.00 bits per heavy atom. The Balaban J connectivity index is 2.16. The lowest BCUT2D eigenvalue weighted by molar-refractivity contribution is 0.0524. The molecular weight excluding hydrogens is 337 g/mol. The molecule has 1 fully saturated rings. The van der Waals surface area contributed by atoms with Crippen molar-refractivity contribution in [3.8, 4) is 5.75 Å². The van der Waals surface area contributed by atoms with E-state index in [0.717, 1.165) is 12.8 Å². The van der Waals surface area contributed by atoms with Crippen LogP contribution in [-0.2, 0) is 11.3 Å². The van der Waals surface area contributed by atoms with Gasteiger partial charge in [-0.1, -0.05) is 19.3 Å². The number of hydrogen-bond donors (Lipinski definition) is 0. The second-order valence-corrected chi connectivity index (χ2v) is 6.75. The van der Waals surface area contributed by atoms with Crippen LogP contribution in [0.5, 0.6) is 5.75 Å². The van der Waals surface area contributed by atoms with Gasteiger partial charge in [0, 0.05) is 18.8 Å². The van der Waals surface area contributed by atoms with Crippen LogP contribution in [-0.4, -0.2) is 24.3 Å². The molecule has 0 amide bonds. The van der Waals surface area contributed by atoms with Gasteiger partial charge in [0.15, 0.2) is 11.6 Å². The van der Waals surface area contributed by atoms with Crippen molar-refractivity contribution in [2.75, 3.05) is 13.7 Å². The molecule has 1 aliphatic carbocycles. The maximum absolute atomic E-state index is 14.3. The van der Waals surface area contributed by atoms with Gasteiger partial charge in [-0.2, -0.15) is 0 Å².